The van der Waals surface area contributed by atoms with Gasteiger partial charge >= 0.3 is 0 Å². The highest BCUT2D eigenvalue weighted by molar-refractivity contribution is 8.20. The lowest BCUT2D eigenvalue weighted by molar-refractivity contribution is 0.108. The second-order valence-electron chi connectivity index (χ2n) is 2.56. The second kappa shape index (κ2) is 7.81. The average molecular weight is 342 g/mol. The zero-order valence-electron chi connectivity index (χ0n) is 7.85. The molecule has 8 heteroatoms. The number of carbonyl (C=O) groups is 1. The van der Waals surface area contributed by atoms with E-state index in [4.69, 9.17) is 56.9 Å². The first kappa shape index (κ1) is 16.6. The first-order valence-electron chi connectivity index (χ1n) is 3.72. The summed E-state index contributed by atoms with van der Waals surface area (Å²) in [4.78, 5) is 10.7. The lowest BCUT2D eigenvalue weighted by atomic mass is 10.1. The summed E-state index contributed by atoms with van der Waals surface area (Å²) >= 11 is 25.4. The Hall–Kier alpha value is 0.570. The fraction of sp³-hybridized carbons (Fsp3) is 0.125. The topological polar surface area (TPSA) is 37.3 Å². The van der Waals surface area contributed by atoms with Crippen LogP contribution in [0.1, 0.15) is 15.9 Å². The summed E-state index contributed by atoms with van der Waals surface area (Å²) in [5.41, 5.74) is 0.739. The van der Waals surface area contributed by atoms with Crippen LogP contribution in [0.4, 0.5) is 0 Å². The van der Waals surface area contributed by atoms with Crippen molar-refractivity contribution in [1.82, 2.24) is 0 Å². The molecule has 16 heavy (non-hydrogen) atoms. The van der Waals surface area contributed by atoms with Gasteiger partial charge < -0.3 is 5.11 Å². The van der Waals surface area contributed by atoms with Gasteiger partial charge in [-0.25, -0.2) is 0 Å². The van der Waals surface area contributed by atoms with Crippen LogP contribution >= 0.6 is 62.9 Å². The summed E-state index contributed by atoms with van der Waals surface area (Å²) in [6.07, 6.45) is 0. The molecule has 0 aliphatic heterocycles. The summed E-state index contributed by atoms with van der Waals surface area (Å²) in [6.45, 7) is 1.68. The Morgan fingerprint density at radius 2 is 1.75 bits per heavy atom. The number of phenolic OH excluding ortho intramolecular Hbond substituents is 1. The van der Waals surface area contributed by atoms with Crippen molar-refractivity contribution in [1.29, 1.82) is 0 Å². The first-order chi connectivity index (χ1) is 7.27. The second-order valence-corrected chi connectivity index (χ2v) is 8.26. The van der Waals surface area contributed by atoms with E-state index in [1.54, 1.807) is 13.0 Å². The van der Waals surface area contributed by atoms with Gasteiger partial charge in [0, 0.05) is 0 Å². The number of hydrogen-bond donors (Lipinski definition) is 1. The van der Waals surface area contributed by atoms with E-state index in [-0.39, 0.29) is 16.3 Å². The van der Waals surface area contributed by atoms with Gasteiger partial charge in [-0.05, 0) is 30.2 Å². The number of halogens is 5. The average Bonchev–Trinajstić information content (AvgIpc) is 2.13. The van der Waals surface area contributed by atoms with E-state index >= 15 is 0 Å². The molecule has 1 aromatic carbocycles. The van der Waals surface area contributed by atoms with Gasteiger partial charge in [0.1, 0.15) is 5.75 Å². The molecule has 0 unspecified atom stereocenters. The van der Waals surface area contributed by atoms with E-state index in [0.717, 1.165) is 0 Å². The summed E-state index contributed by atoms with van der Waals surface area (Å²) < 4.78 is 0. The highest BCUT2D eigenvalue weighted by Gasteiger charge is 2.12. The molecule has 1 rings (SSSR count). The minimum Gasteiger partial charge on any atom is -0.506 e. The van der Waals surface area contributed by atoms with Gasteiger partial charge in [-0.3, -0.25) is 4.79 Å². The number of aryl methyl sites for hydroxylation is 1. The van der Waals surface area contributed by atoms with Gasteiger partial charge in [-0.15, -0.1) is 0 Å². The Kier molecular flexibility index (Phi) is 8.09. The number of carbonyl (C=O) groups excluding carboxylic acids is 1. The number of phenols is 1. The fourth-order valence-corrected chi connectivity index (χ4v) is 1.32. The van der Waals surface area contributed by atoms with Crippen LogP contribution < -0.4 is 0 Å². The van der Waals surface area contributed by atoms with Crippen LogP contribution in [-0.4, -0.2) is 10.3 Å². The third-order valence-corrected chi connectivity index (χ3v) is 2.12. The van der Waals surface area contributed by atoms with Gasteiger partial charge in [-0.1, -0.05) is 51.4 Å². The van der Waals surface area contributed by atoms with E-state index in [2.05, 4.69) is 0 Å². The number of rotatable bonds is 1. The zero-order chi connectivity index (χ0) is 12.9. The Morgan fingerprint density at radius 1 is 1.31 bits per heavy atom. The van der Waals surface area contributed by atoms with Crippen molar-refractivity contribution in [3.05, 3.63) is 28.3 Å². The monoisotopic (exact) mass is 340 g/mol. The highest BCUT2D eigenvalue weighted by Crippen LogP contribution is 2.51. The summed E-state index contributed by atoms with van der Waals surface area (Å²) in [5, 5.41) is 8.63. The molecule has 0 spiro atoms. The van der Waals surface area contributed by atoms with E-state index in [1.807, 2.05) is 0 Å². The van der Waals surface area contributed by atoms with Crippen molar-refractivity contribution in [2.75, 3.05) is 0 Å². The normalized spacial score (nSPS) is 9.69. The molecule has 0 heterocycles. The van der Waals surface area contributed by atoms with Crippen molar-refractivity contribution in [3.8, 4) is 5.75 Å². The Balaban J connectivity index is 0.000000487. The predicted octanol–water partition coefficient (Wildman–Crippen LogP) is 5.66. The third kappa shape index (κ3) is 5.77. The predicted molar refractivity (Wildman–Crippen MR) is 72.5 cm³/mol. The Labute approximate surface area is 119 Å². The molecule has 1 N–H and O–H groups in total. The minimum atomic E-state index is -1.20. The van der Waals surface area contributed by atoms with Gasteiger partial charge in [0.05, 0.1) is 10.6 Å². The van der Waals surface area contributed by atoms with Crippen molar-refractivity contribution >= 4 is 68.1 Å². The molecule has 0 saturated heterocycles. The molecular weight excluding hydrogens is 336 g/mol. The standard InChI is InChI=1S/C8H6Cl2O2.Cl3P/c1-4-2-3-5(8(10)12)6(9)7(4)11;1-4(2)3/h2-3,11H,1H3;. The van der Waals surface area contributed by atoms with Gasteiger partial charge in [-0.2, -0.15) is 0 Å². The molecule has 1 aromatic rings. The molecular formula is C8H6Cl5O2P. The molecule has 0 aliphatic rings. The van der Waals surface area contributed by atoms with Crippen LogP contribution in [0.15, 0.2) is 12.1 Å². The molecule has 0 aromatic heterocycles. The number of hydrogen-bond acceptors (Lipinski definition) is 2. The number of benzene rings is 1. The molecule has 0 bridgehead atoms. The molecule has 0 radical (unpaired) electrons. The summed E-state index contributed by atoms with van der Waals surface area (Å²) in [5.74, 6) is -1.30. The summed E-state index contributed by atoms with van der Waals surface area (Å²) in [6, 6.07) is 3.06. The van der Waals surface area contributed by atoms with Crippen LogP contribution in [0.3, 0.4) is 0 Å². The minimum absolute atomic E-state index is 0.00926. The first-order valence-corrected chi connectivity index (χ1v) is 8.54. The van der Waals surface area contributed by atoms with Gasteiger partial charge in [0.15, 0.2) is 5.98 Å². The molecule has 0 amide bonds. The molecule has 0 atom stereocenters. The maximum Gasteiger partial charge on any atom is 0.254 e. The van der Waals surface area contributed by atoms with Crippen molar-refractivity contribution in [2.45, 2.75) is 6.92 Å². The zero-order valence-corrected chi connectivity index (χ0v) is 12.5. The van der Waals surface area contributed by atoms with Crippen LogP contribution in [0, 0.1) is 6.92 Å². The molecule has 2 nitrogen and oxygen atoms in total. The molecule has 90 valence electrons. The third-order valence-electron chi connectivity index (χ3n) is 1.53. The maximum absolute atomic E-state index is 10.7. The Morgan fingerprint density at radius 3 is 2.12 bits per heavy atom. The lowest BCUT2D eigenvalue weighted by Gasteiger charge is -2.03. The quantitative estimate of drug-likeness (QED) is 0.528. The highest BCUT2D eigenvalue weighted by atomic mass is 36.0. The van der Waals surface area contributed by atoms with E-state index in [9.17, 15) is 9.90 Å². The van der Waals surface area contributed by atoms with Crippen molar-refractivity contribution in [2.24, 2.45) is 0 Å². The summed E-state index contributed by atoms with van der Waals surface area (Å²) in [7, 11) is 0. The fourth-order valence-electron chi connectivity index (χ4n) is 0.813. The largest absolute Gasteiger partial charge is 0.506 e. The van der Waals surface area contributed by atoms with Crippen LogP contribution in [0.2, 0.25) is 5.02 Å². The molecule has 0 aliphatic carbocycles. The SMILES string of the molecule is Cc1ccc(C(=O)Cl)c(Cl)c1O.ClP(Cl)Cl. The maximum atomic E-state index is 10.7. The van der Waals surface area contributed by atoms with Gasteiger partial charge in [0.25, 0.3) is 5.24 Å². The smallest absolute Gasteiger partial charge is 0.254 e. The van der Waals surface area contributed by atoms with E-state index in [1.165, 1.54) is 6.07 Å². The van der Waals surface area contributed by atoms with Crippen LogP contribution in [0.5, 0.6) is 5.75 Å². The Bertz CT molecular complexity index is 380. The molecule has 0 fully saturated rings. The van der Waals surface area contributed by atoms with Gasteiger partial charge in [0.2, 0.25) is 0 Å². The van der Waals surface area contributed by atoms with Crippen molar-refractivity contribution in [3.63, 3.8) is 0 Å². The van der Waals surface area contributed by atoms with E-state index < -0.39 is 11.2 Å². The van der Waals surface area contributed by atoms with Crippen LogP contribution in [0.25, 0.3) is 0 Å². The lowest BCUT2D eigenvalue weighted by Crippen LogP contribution is -1.91. The number of aromatic hydroxyl groups is 1. The molecule has 0 saturated carbocycles. The van der Waals surface area contributed by atoms with Crippen molar-refractivity contribution < 1.29 is 9.90 Å². The van der Waals surface area contributed by atoms with E-state index in [0.29, 0.717) is 5.56 Å². The van der Waals surface area contributed by atoms with Crippen LogP contribution in [-0.2, 0) is 0 Å².